The second-order valence-electron chi connectivity index (χ2n) is 7.00. The Bertz CT molecular complexity index is 808. The average molecular weight is 419 g/mol. The van der Waals surface area contributed by atoms with Gasteiger partial charge < -0.3 is 4.74 Å². The van der Waals surface area contributed by atoms with E-state index in [1.807, 2.05) is 32.9 Å². The fraction of sp³-hybridized carbons (Fsp3) is 0.458. The van der Waals surface area contributed by atoms with Crippen molar-refractivity contribution < 1.29 is 18.3 Å². The summed E-state index contributed by atoms with van der Waals surface area (Å²) in [5, 5.41) is 0. The highest BCUT2D eigenvalue weighted by Gasteiger charge is 2.08. The van der Waals surface area contributed by atoms with Crippen LogP contribution in [0.4, 0.5) is 14.5 Å². The predicted molar refractivity (Wildman–Crippen MR) is 118 cm³/mol. The SMILES string of the molecule is CC=Nc1cc(C(=O)CCCCCCC)cnc1C.Cc1cccc(OC(F)F)c1. The second-order valence-corrected chi connectivity index (χ2v) is 7.00. The Morgan fingerprint density at radius 2 is 1.90 bits per heavy atom. The number of benzene rings is 1. The predicted octanol–water partition coefficient (Wildman–Crippen LogP) is 7.25. The topological polar surface area (TPSA) is 51.5 Å². The zero-order valence-electron chi connectivity index (χ0n) is 18.3. The van der Waals surface area contributed by atoms with Gasteiger partial charge in [-0.3, -0.25) is 14.8 Å². The van der Waals surface area contributed by atoms with Gasteiger partial charge in [0.25, 0.3) is 0 Å². The normalized spacial score (nSPS) is 10.8. The van der Waals surface area contributed by atoms with E-state index in [0.717, 1.165) is 29.8 Å². The van der Waals surface area contributed by atoms with Crippen LogP contribution < -0.4 is 4.74 Å². The van der Waals surface area contributed by atoms with Crippen molar-refractivity contribution in [3.8, 4) is 5.75 Å². The van der Waals surface area contributed by atoms with Crippen LogP contribution in [0.5, 0.6) is 5.75 Å². The van der Waals surface area contributed by atoms with Crippen molar-refractivity contribution in [2.75, 3.05) is 0 Å². The molecule has 0 spiro atoms. The number of pyridine rings is 1. The van der Waals surface area contributed by atoms with Crippen LogP contribution in [0.25, 0.3) is 0 Å². The summed E-state index contributed by atoms with van der Waals surface area (Å²) in [6, 6.07) is 8.40. The van der Waals surface area contributed by atoms with Crippen molar-refractivity contribution in [3.05, 3.63) is 53.3 Å². The number of aliphatic imine (C=N–C) groups is 1. The molecule has 4 nitrogen and oxygen atoms in total. The van der Waals surface area contributed by atoms with E-state index in [2.05, 4.69) is 21.6 Å². The van der Waals surface area contributed by atoms with Gasteiger partial charge in [0.05, 0.1) is 11.4 Å². The number of hydrogen-bond acceptors (Lipinski definition) is 4. The van der Waals surface area contributed by atoms with Crippen LogP contribution in [-0.2, 0) is 0 Å². The number of carbonyl (C=O) groups excluding carboxylic acids is 1. The molecule has 1 heterocycles. The number of Topliss-reactive ketones (excluding diaryl/α,β-unsaturated/α-hetero) is 1. The Kier molecular flexibility index (Phi) is 12.2. The van der Waals surface area contributed by atoms with Gasteiger partial charge in [-0.15, -0.1) is 0 Å². The smallest absolute Gasteiger partial charge is 0.387 e. The van der Waals surface area contributed by atoms with Gasteiger partial charge in [-0.25, -0.2) is 0 Å². The number of alkyl halides is 2. The molecule has 0 radical (unpaired) electrons. The first-order valence-corrected chi connectivity index (χ1v) is 10.4. The zero-order valence-corrected chi connectivity index (χ0v) is 18.3. The van der Waals surface area contributed by atoms with Crippen LogP contribution in [0.3, 0.4) is 0 Å². The van der Waals surface area contributed by atoms with Gasteiger partial charge in [-0.1, -0.05) is 44.7 Å². The van der Waals surface area contributed by atoms with Crippen molar-refractivity contribution in [1.29, 1.82) is 0 Å². The monoisotopic (exact) mass is 418 g/mol. The quantitative estimate of drug-likeness (QED) is 0.232. The lowest BCUT2D eigenvalue weighted by Gasteiger charge is -2.04. The van der Waals surface area contributed by atoms with Crippen molar-refractivity contribution in [3.63, 3.8) is 0 Å². The van der Waals surface area contributed by atoms with E-state index in [1.54, 1.807) is 24.5 Å². The molecule has 0 atom stereocenters. The summed E-state index contributed by atoms with van der Waals surface area (Å²) in [6.45, 7) is 5.04. The maximum Gasteiger partial charge on any atom is 0.387 e. The Morgan fingerprint density at radius 3 is 2.53 bits per heavy atom. The van der Waals surface area contributed by atoms with Gasteiger partial charge in [-0.2, -0.15) is 8.78 Å². The molecule has 0 fully saturated rings. The molecule has 2 rings (SSSR count). The molecule has 1 aromatic carbocycles. The lowest BCUT2D eigenvalue weighted by atomic mass is 10.0. The molecule has 1 aromatic heterocycles. The van der Waals surface area contributed by atoms with Crippen molar-refractivity contribution in [2.24, 2.45) is 4.99 Å². The minimum Gasteiger partial charge on any atom is -0.435 e. The summed E-state index contributed by atoms with van der Waals surface area (Å²) < 4.78 is 27.4. The molecule has 0 unspecified atom stereocenters. The average Bonchev–Trinajstić information content (AvgIpc) is 2.69. The van der Waals surface area contributed by atoms with E-state index in [-0.39, 0.29) is 11.5 Å². The Balaban J connectivity index is 0.000000346. The first-order valence-electron chi connectivity index (χ1n) is 10.4. The highest BCUT2D eigenvalue weighted by atomic mass is 19.3. The third-order valence-electron chi connectivity index (χ3n) is 4.37. The summed E-state index contributed by atoms with van der Waals surface area (Å²) in [4.78, 5) is 20.5. The van der Waals surface area contributed by atoms with E-state index in [9.17, 15) is 13.6 Å². The Hall–Kier alpha value is -2.63. The summed E-state index contributed by atoms with van der Waals surface area (Å²) >= 11 is 0. The largest absolute Gasteiger partial charge is 0.435 e. The van der Waals surface area contributed by atoms with E-state index < -0.39 is 6.61 Å². The number of halogens is 2. The Labute approximate surface area is 178 Å². The third kappa shape index (κ3) is 10.2. The first kappa shape index (κ1) is 25.4. The molecule has 6 heteroatoms. The van der Waals surface area contributed by atoms with Gasteiger partial charge in [0, 0.05) is 24.4 Å². The van der Waals surface area contributed by atoms with E-state index in [0.29, 0.717) is 12.0 Å². The van der Waals surface area contributed by atoms with Gasteiger partial charge in [0.2, 0.25) is 0 Å². The van der Waals surface area contributed by atoms with Crippen LogP contribution >= 0.6 is 0 Å². The lowest BCUT2D eigenvalue weighted by Crippen LogP contribution is -2.01. The lowest BCUT2D eigenvalue weighted by molar-refractivity contribution is -0.0498. The molecule has 0 bridgehead atoms. The number of unbranched alkanes of at least 4 members (excludes halogenated alkanes) is 4. The van der Waals surface area contributed by atoms with E-state index >= 15 is 0 Å². The maximum atomic E-state index is 12.1. The molecule has 0 amide bonds. The molecule has 0 aliphatic rings. The molecule has 0 saturated carbocycles. The summed E-state index contributed by atoms with van der Waals surface area (Å²) in [6.07, 6.45) is 9.83. The highest BCUT2D eigenvalue weighted by molar-refractivity contribution is 5.96. The molecular formula is C24H32F2N2O2. The maximum absolute atomic E-state index is 12.1. The van der Waals surface area contributed by atoms with Crippen LogP contribution in [0.1, 0.15) is 74.0 Å². The molecule has 0 N–H and O–H groups in total. The molecule has 164 valence electrons. The number of ether oxygens (including phenoxy) is 1. The van der Waals surface area contributed by atoms with Crippen LogP contribution in [0.15, 0.2) is 41.5 Å². The van der Waals surface area contributed by atoms with Crippen molar-refractivity contribution in [2.45, 2.75) is 72.8 Å². The molecule has 0 aliphatic carbocycles. The highest BCUT2D eigenvalue weighted by Crippen LogP contribution is 2.19. The number of ketones is 1. The number of aromatic nitrogens is 1. The molecule has 0 aliphatic heterocycles. The fourth-order valence-electron chi connectivity index (χ4n) is 2.77. The van der Waals surface area contributed by atoms with E-state index in [4.69, 9.17) is 0 Å². The number of rotatable bonds is 10. The first-order chi connectivity index (χ1) is 14.4. The molecular weight excluding hydrogens is 386 g/mol. The van der Waals surface area contributed by atoms with Crippen LogP contribution in [-0.4, -0.2) is 23.6 Å². The molecule has 30 heavy (non-hydrogen) atoms. The van der Waals surface area contributed by atoms with E-state index in [1.165, 1.54) is 25.3 Å². The number of nitrogens with zero attached hydrogens (tertiary/aromatic N) is 2. The minimum absolute atomic E-state index is 0.177. The van der Waals surface area contributed by atoms with Gasteiger partial charge >= 0.3 is 6.61 Å². The van der Waals surface area contributed by atoms with Crippen molar-refractivity contribution >= 4 is 17.7 Å². The van der Waals surface area contributed by atoms with Crippen molar-refractivity contribution in [1.82, 2.24) is 4.98 Å². The molecule has 2 aromatic rings. The number of hydrogen-bond donors (Lipinski definition) is 0. The van der Waals surface area contributed by atoms with Gasteiger partial charge in [0.15, 0.2) is 5.78 Å². The van der Waals surface area contributed by atoms with Gasteiger partial charge in [0.1, 0.15) is 5.75 Å². The summed E-state index contributed by atoms with van der Waals surface area (Å²) in [7, 11) is 0. The molecule has 0 saturated heterocycles. The minimum atomic E-state index is -2.74. The Morgan fingerprint density at radius 1 is 1.17 bits per heavy atom. The third-order valence-corrected chi connectivity index (χ3v) is 4.37. The zero-order chi connectivity index (χ0) is 22.4. The summed E-state index contributed by atoms with van der Waals surface area (Å²) in [5.41, 5.74) is 3.24. The number of carbonyl (C=O) groups is 1. The van der Waals surface area contributed by atoms with Crippen LogP contribution in [0.2, 0.25) is 0 Å². The number of aryl methyl sites for hydroxylation is 2. The fourth-order valence-corrected chi connectivity index (χ4v) is 2.77. The second kappa shape index (κ2) is 14.4. The van der Waals surface area contributed by atoms with Crippen LogP contribution in [0, 0.1) is 13.8 Å². The standard InChI is InChI=1S/C16H24N2O.C8H8F2O/c1-4-6-7-8-9-10-16(19)14-11-15(17-5-2)13(3)18-12-14;1-6-3-2-4-7(5-6)11-8(9)10/h5,11-12H,4,6-10H2,1-3H3;2-5,8H,1H3. The summed E-state index contributed by atoms with van der Waals surface area (Å²) in [5.74, 6) is 0.386. The van der Waals surface area contributed by atoms with Gasteiger partial charge in [-0.05, 0) is 51.0 Å².